The van der Waals surface area contributed by atoms with Gasteiger partial charge in [0.25, 0.3) is 5.91 Å². The van der Waals surface area contributed by atoms with Gasteiger partial charge in [0.2, 0.25) is 0 Å². The van der Waals surface area contributed by atoms with Crippen molar-refractivity contribution in [2.75, 3.05) is 13.7 Å². The Morgan fingerprint density at radius 2 is 2.00 bits per heavy atom. The molecule has 0 heterocycles. The second-order valence-corrected chi connectivity index (χ2v) is 3.67. The zero-order valence-corrected chi connectivity index (χ0v) is 10.9. The Balaban J connectivity index is 0.00000256. The molecule has 0 saturated heterocycles. The minimum absolute atomic E-state index is 0. The number of halogens is 1. The van der Waals surface area contributed by atoms with Crippen LogP contribution >= 0.6 is 12.4 Å². The van der Waals surface area contributed by atoms with Crippen LogP contribution in [0.4, 0.5) is 0 Å². The molecule has 1 aromatic carbocycles. The summed E-state index contributed by atoms with van der Waals surface area (Å²) in [6.07, 6.45) is -0.574. The molecular formula is C12H19ClN2O2. The molecule has 0 aliphatic carbocycles. The highest BCUT2D eigenvalue weighted by Gasteiger charge is 2.20. The van der Waals surface area contributed by atoms with Gasteiger partial charge in [-0.3, -0.25) is 4.79 Å². The average Bonchev–Trinajstić information content (AvgIpc) is 2.31. The second kappa shape index (κ2) is 8.06. The van der Waals surface area contributed by atoms with Crippen molar-refractivity contribution >= 4 is 18.3 Å². The molecule has 4 nitrogen and oxygen atoms in total. The standard InChI is InChI=1S/C12H18N2O2.ClH/c1-9(8-13)14-12(15)11(16-2)10-6-4-3-5-7-10;/h3-7,9,11H,8,13H2,1-2H3,(H,14,15);1H/t9-,11?;/m0./s1. The lowest BCUT2D eigenvalue weighted by Crippen LogP contribution is -2.40. The van der Waals surface area contributed by atoms with E-state index < -0.39 is 6.10 Å². The molecule has 0 spiro atoms. The van der Waals surface area contributed by atoms with E-state index in [1.807, 2.05) is 37.3 Å². The van der Waals surface area contributed by atoms with Gasteiger partial charge in [-0.15, -0.1) is 12.4 Å². The number of methoxy groups -OCH3 is 1. The first-order chi connectivity index (χ1) is 7.69. The third-order valence-electron chi connectivity index (χ3n) is 2.32. The van der Waals surface area contributed by atoms with E-state index in [-0.39, 0.29) is 24.4 Å². The summed E-state index contributed by atoms with van der Waals surface area (Å²) in [7, 11) is 1.52. The van der Waals surface area contributed by atoms with Crippen LogP contribution in [0.15, 0.2) is 30.3 Å². The lowest BCUT2D eigenvalue weighted by atomic mass is 10.1. The Bertz CT molecular complexity index is 333. The molecule has 3 N–H and O–H groups in total. The molecule has 96 valence electrons. The van der Waals surface area contributed by atoms with Crippen LogP contribution in [-0.4, -0.2) is 25.6 Å². The molecule has 0 bridgehead atoms. The van der Waals surface area contributed by atoms with Crippen molar-refractivity contribution in [2.45, 2.75) is 19.1 Å². The van der Waals surface area contributed by atoms with Gasteiger partial charge in [-0.25, -0.2) is 0 Å². The maximum atomic E-state index is 11.9. The molecule has 1 rings (SSSR count). The first kappa shape index (κ1) is 15.9. The van der Waals surface area contributed by atoms with E-state index in [1.54, 1.807) is 0 Å². The SMILES string of the molecule is COC(C(=O)N[C@@H](C)CN)c1ccccc1.Cl. The third kappa shape index (κ3) is 4.73. The summed E-state index contributed by atoms with van der Waals surface area (Å²) in [6.45, 7) is 2.27. The summed E-state index contributed by atoms with van der Waals surface area (Å²) in [5.74, 6) is -0.161. The zero-order valence-electron chi connectivity index (χ0n) is 10.1. The van der Waals surface area contributed by atoms with E-state index >= 15 is 0 Å². The maximum Gasteiger partial charge on any atom is 0.254 e. The van der Waals surface area contributed by atoms with Gasteiger partial charge in [-0.1, -0.05) is 30.3 Å². The van der Waals surface area contributed by atoms with Crippen molar-refractivity contribution in [2.24, 2.45) is 5.73 Å². The number of hydrogen-bond donors (Lipinski definition) is 2. The average molecular weight is 259 g/mol. The van der Waals surface area contributed by atoms with Gasteiger partial charge in [0, 0.05) is 19.7 Å². The number of nitrogens with one attached hydrogen (secondary N) is 1. The number of nitrogens with two attached hydrogens (primary N) is 1. The maximum absolute atomic E-state index is 11.9. The van der Waals surface area contributed by atoms with Crippen molar-refractivity contribution in [3.63, 3.8) is 0 Å². The number of hydrogen-bond acceptors (Lipinski definition) is 3. The summed E-state index contributed by atoms with van der Waals surface area (Å²) in [6, 6.07) is 9.33. The van der Waals surface area contributed by atoms with Crippen LogP contribution in [-0.2, 0) is 9.53 Å². The lowest BCUT2D eigenvalue weighted by Gasteiger charge is -2.18. The summed E-state index contributed by atoms with van der Waals surface area (Å²) in [5, 5.41) is 2.79. The molecule has 0 saturated carbocycles. The number of carbonyl (C=O) groups is 1. The van der Waals surface area contributed by atoms with Gasteiger partial charge in [0.1, 0.15) is 0 Å². The Morgan fingerprint density at radius 3 is 2.47 bits per heavy atom. The van der Waals surface area contributed by atoms with Crippen LogP contribution in [0.2, 0.25) is 0 Å². The van der Waals surface area contributed by atoms with Crippen LogP contribution in [0.1, 0.15) is 18.6 Å². The highest BCUT2D eigenvalue weighted by Crippen LogP contribution is 2.16. The number of ether oxygens (including phenoxy) is 1. The number of rotatable bonds is 5. The Hall–Kier alpha value is -1.10. The van der Waals surface area contributed by atoms with E-state index in [0.29, 0.717) is 6.54 Å². The summed E-state index contributed by atoms with van der Waals surface area (Å²) in [4.78, 5) is 11.9. The first-order valence-electron chi connectivity index (χ1n) is 5.27. The van der Waals surface area contributed by atoms with Crippen molar-refractivity contribution in [1.82, 2.24) is 5.32 Å². The van der Waals surface area contributed by atoms with E-state index in [4.69, 9.17) is 10.5 Å². The fourth-order valence-corrected chi connectivity index (χ4v) is 1.40. The molecule has 1 unspecified atom stereocenters. The number of benzene rings is 1. The molecule has 0 aliphatic heterocycles. The lowest BCUT2D eigenvalue weighted by molar-refractivity contribution is -0.132. The third-order valence-corrected chi connectivity index (χ3v) is 2.32. The van der Waals surface area contributed by atoms with E-state index in [9.17, 15) is 4.79 Å². The molecule has 2 atom stereocenters. The van der Waals surface area contributed by atoms with Crippen LogP contribution < -0.4 is 11.1 Å². The molecule has 17 heavy (non-hydrogen) atoms. The highest BCUT2D eigenvalue weighted by molar-refractivity contribution is 5.85. The number of carbonyl (C=O) groups excluding carboxylic acids is 1. The minimum atomic E-state index is -0.574. The van der Waals surface area contributed by atoms with Crippen molar-refractivity contribution in [1.29, 1.82) is 0 Å². The van der Waals surface area contributed by atoms with Gasteiger partial charge in [0.15, 0.2) is 6.10 Å². The normalized spacial score (nSPS) is 13.4. The van der Waals surface area contributed by atoms with E-state index in [2.05, 4.69) is 5.32 Å². The van der Waals surface area contributed by atoms with Crippen LogP contribution in [0.3, 0.4) is 0 Å². The second-order valence-electron chi connectivity index (χ2n) is 3.67. The minimum Gasteiger partial charge on any atom is -0.367 e. The zero-order chi connectivity index (χ0) is 12.0. The van der Waals surface area contributed by atoms with E-state index in [1.165, 1.54) is 7.11 Å². The van der Waals surface area contributed by atoms with Gasteiger partial charge in [-0.05, 0) is 12.5 Å². The topological polar surface area (TPSA) is 64.3 Å². The van der Waals surface area contributed by atoms with Gasteiger partial charge in [0.05, 0.1) is 0 Å². The summed E-state index contributed by atoms with van der Waals surface area (Å²) >= 11 is 0. The molecule has 1 amide bonds. The molecule has 0 radical (unpaired) electrons. The quantitative estimate of drug-likeness (QED) is 0.836. The van der Waals surface area contributed by atoms with Gasteiger partial charge in [-0.2, -0.15) is 0 Å². The monoisotopic (exact) mass is 258 g/mol. The van der Waals surface area contributed by atoms with Crippen LogP contribution in [0.25, 0.3) is 0 Å². The molecule has 0 fully saturated rings. The smallest absolute Gasteiger partial charge is 0.254 e. The molecule has 0 aliphatic rings. The van der Waals surface area contributed by atoms with Crippen LogP contribution in [0.5, 0.6) is 0 Å². The molecular weight excluding hydrogens is 240 g/mol. The molecule has 1 aromatic rings. The van der Waals surface area contributed by atoms with Crippen molar-refractivity contribution in [3.8, 4) is 0 Å². The Morgan fingerprint density at radius 1 is 1.41 bits per heavy atom. The van der Waals surface area contributed by atoms with Crippen molar-refractivity contribution < 1.29 is 9.53 Å². The summed E-state index contributed by atoms with van der Waals surface area (Å²) in [5.41, 5.74) is 6.28. The summed E-state index contributed by atoms with van der Waals surface area (Å²) < 4.78 is 5.19. The Labute approximate surface area is 108 Å². The predicted octanol–water partition coefficient (Wildman–Crippen LogP) is 1.26. The predicted molar refractivity (Wildman–Crippen MR) is 70.1 cm³/mol. The van der Waals surface area contributed by atoms with Crippen molar-refractivity contribution in [3.05, 3.63) is 35.9 Å². The largest absolute Gasteiger partial charge is 0.367 e. The van der Waals surface area contributed by atoms with Crippen LogP contribution in [0, 0.1) is 0 Å². The fourth-order valence-electron chi connectivity index (χ4n) is 1.40. The van der Waals surface area contributed by atoms with Gasteiger partial charge < -0.3 is 15.8 Å². The number of amides is 1. The fraction of sp³-hybridized carbons (Fsp3) is 0.417. The molecule has 5 heteroatoms. The van der Waals surface area contributed by atoms with E-state index in [0.717, 1.165) is 5.56 Å². The highest BCUT2D eigenvalue weighted by atomic mass is 35.5. The Kier molecular flexibility index (Phi) is 7.54. The molecule has 0 aromatic heterocycles. The first-order valence-corrected chi connectivity index (χ1v) is 5.27. The van der Waals surface area contributed by atoms with Gasteiger partial charge >= 0.3 is 0 Å².